The molecule has 2 rings (SSSR count). The number of carbonyl (C=O) groups excluding carboxylic acids is 1. The molecule has 0 saturated heterocycles. The van der Waals surface area contributed by atoms with Crippen molar-refractivity contribution in [3.63, 3.8) is 0 Å². The van der Waals surface area contributed by atoms with Crippen LogP contribution < -0.4 is 5.32 Å². The van der Waals surface area contributed by atoms with Gasteiger partial charge in [-0.3, -0.25) is 4.79 Å². The van der Waals surface area contributed by atoms with E-state index in [0.29, 0.717) is 20.6 Å². The summed E-state index contributed by atoms with van der Waals surface area (Å²) in [7, 11) is 0. The SMILES string of the molecule is CSc1cc(C)nc(SC)c1NC(=O)C(F)(F)c1ccc(Cl)cc1. The number of hydrogen-bond donors (Lipinski definition) is 1. The van der Waals surface area contributed by atoms with Gasteiger partial charge in [-0.15, -0.1) is 23.5 Å². The van der Waals surface area contributed by atoms with Gasteiger partial charge in [0, 0.05) is 21.2 Å². The number of thioether (sulfide) groups is 2. The number of pyridine rings is 1. The fraction of sp³-hybridized carbons (Fsp3) is 0.250. The molecular weight excluding hydrogens is 374 g/mol. The van der Waals surface area contributed by atoms with E-state index in [2.05, 4.69) is 10.3 Å². The van der Waals surface area contributed by atoms with Gasteiger partial charge < -0.3 is 5.32 Å². The summed E-state index contributed by atoms with van der Waals surface area (Å²) in [6.45, 7) is 1.81. The zero-order chi connectivity index (χ0) is 17.9. The first-order valence-electron chi connectivity index (χ1n) is 6.84. The van der Waals surface area contributed by atoms with Crippen LogP contribution in [0.4, 0.5) is 14.5 Å². The number of nitrogens with zero attached hydrogens (tertiary/aromatic N) is 1. The standard InChI is InChI=1S/C16H15ClF2N2OS2/c1-9-8-12(23-2)13(14(20-9)24-3)21-15(22)16(18,19)10-4-6-11(17)7-5-10/h4-8H,1-3H3,(H,21,22). The smallest absolute Gasteiger partial charge is 0.317 e. The Labute approximate surface area is 152 Å². The third kappa shape index (κ3) is 4.02. The van der Waals surface area contributed by atoms with Gasteiger partial charge in [0.05, 0.1) is 5.69 Å². The van der Waals surface area contributed by atoms with E-state index in [0.717, 1.165) is 17.8 Å². The van der Waals surface area contributed by atoms with Crippen LogP contribution in [-0.2, 0) is 10.7 Å². The maximum absolute atomic E-state index is 14.4. The van der Waals surface area contributed by atoms with E-state index >= 15 is 0 Å². The number of alkyl halides is 2. The van der Waals surface area contributed by atoms with Gasteiger partial charge in [-0.25, -0.2) is 4.98 Å². The molecule has 0 saturated carbocycles. The van der Waals surface area contributed by atoms with E-state index in [1.54, 1.807) is 12.3 Å². The Morgan fingerprint density at radius 3 is 2.38 bits per heavy atom. The fourth-order valence-electron chi connectivity index (χ4n) is 2.02. The van der Waals surface area contributed by atoms with Gasteiger partial charge in [-0.1, -0.05) is 23.7 Å². The number of halogens is 3. The van der Waals surface area contributed by atoms with Crippen molar-refractivity contribution in [2.24, 2.45) is 0 Å². The lowest BCUT2D eigenvalue weighted by atomic mass is 10.1. The number of benzene rings is 1. The number of amides is 1. The number of anilines is 1. The van der Waals surface area contributed by atoms with Crippen molar-refractivity contribution >= 4 is 46.7 Å². The Kier molecular flexibility index (Phi) is 6.11. The van der Waals surface area contributed by atoms with Gasteiger partial charge in [0.15, 0.2) is 0 Å². The molecule has 0 atom stereocenters. The molecule has 0 radical (unpaired) electrons. The average Bonchev–Trinajstić information content (AvgIpc) is 2.56. The van der Waals surface area contributed by atoms with Crippen molar-refractivity contribution in [2.75, 3.05) is 17.8 Å². The largest absolute Gasteiger partial charge is 0.350 e. The Morgan fingerprint density at radius 2 is 1.83 bits per heavy atom. The third-order valence-corrected chi connectivity index (χ3v) is 4.92. The van der Waals surface area contributed by atoms with Crippen LogP contribution in [0.1, 0.15) is 11.3 Å². The molecule has 24 heavy (non-hydrogen) atoms. The predicted molar refractivity (Wildman–Crippen MR) is 96.5 cm³/mol. The van der Waals surface area contributed by atoms with Crippen LogP contribution in [0.5, 0.6) is 0 Å². The number of nitrogens with one attached hydrogen (secondary N) is 1. The Balaban J connectivity index is 2.36. The van der Waals surface area contributed by atoms with Gasteiger partial charge >= 0.3 is 5.92 Å². The van der Waals surface area contributed by atoms with Crippen molar-refractivity contribution in [1.82, 2.24) is 4.98 Å². The summed E-state index contributed by atoms with van der Waals surface area (Å²) in [6.07, 6.45) is 3.59. The van der Waals surface area contributed by atoms with Crippen molar-refractivity contribution in [3.05, 3.63) is 46.6 Å². The number of hydrogen-bond acceptors (Lipinski definition) is 4. The van der Waals surface area contributed by atoms with Gasteiger partial charge in [0.2, 0.25) is 0 Å². The monoisotopic (exact) mass is 388 g/mol. The van der Waals surface area contributed by atoms with Crippen LogP contribution in [0.2, 0.25) is 5.02 Å². The molecule has 0 spiro atoms. The molecule has 0 unspecified atom stereocenters. The highest BCUT2D eigenvalue weighted by molar-refractivity contribution is 7.99. The minimum Gasteiger partial charge on any atom is -0.317 e. The Hall–Kier alpha value is -1.31. The summed E-state index contributed by atoms with van der Waals surface area (Å²) in [5.74, 6) is -5.08. The van der Waals surface area contributed by atoms with E-state index in [9.17, 15) is 13.6 Å². The Bertz CT molecular complexity index is 729. The number of rotatable bonds is 5. The lowest BCUT2D eigenvalue weighted by molar-refractivity contribution is -0.141. The minimum absolute atomic E-state index is 0.305. The number of aryl methyl sites for hydroxylation is 1. The molecular formula is C16H15ClF2N2OS2. The van der Waals surface area contributed by atoms with Gasteiger partial charge in [0.1, 0.15) is 5.03 Å². The van der Waals surface area contributed by atoms with Crippen LogP contribution in [-0.4, -0.2) is 23.4 Å². The molecule has 1 heterocycles. The predicted octanol–water partition coefficient (Wildman–Crippen LogP) is 5.22. The highest BCUT2D eigenvalue weighted by Crippen LogP contribution is 2.36. The molecule has 0 aliphatic heterocycles. The van der Waals surface area contributed by atoms with Crippen molar-refractivity contribution in [3.8, 4) is 0 Å². The van der Waals surface area contributed by atoms with Crippen LogP contribution in [0.3, 0.4) is 0 Å². The second-order valence-electron chi connectivity index (χ2n) is 4.89. The van der Waals surface area contributed by atoms with E-state index in [1.165, 1.54) is 35.7 Å². The first kappa shape index (κ1) is 19.0. The lowest BCUT2D eigenvalue weighted by Gasteiger charge is -2.19. The molecule has 8 heteroatoms. The highest BCUT2D eigenvalue weighted by atomic mass is 35.5. The normalized spacial score (nSPS) is 11.4. The van der Waals surface area contributed by atoms with Crippen LogP contribution in [0.15, 0.2) is 40.3 Å². The molecule has 128 valence electrons. The first-order valence-corrected chi connectivity index (χ1v) is 9.67. The van der Waals surface area contributed by atoms with Crippen molar-refractivity contribution < 1.29 is 13.6 Å². The van der Waals surface area contributed by atoms with Gasteiger partial charge in [0.25, 0.3) is 5.91 Å². The van der Waals surface area contributed by atoms with Gasteiger partial charge in [-0.05, 0) is 37.6 Å². The topological polar surface area (TPSA) is 42.0 Å². The molecule has 0 fully saturated rings. The molecule has 1 aromatic heterocycles. The number of aromatic nitrogens is 1. The third-order valence-electron chi connectivity index (χ3n) is 3.22. The summed E-state index contributed by atoms with van der Waals surface area (Å²) >= 11 is 8.35. The quantitative estimate of drug-likeness (QED) is 0.713. The summed E-state index contributed by atoms with van der Waals surface area (Å²) in [5.41, 5.74) is 0.645. The molecule has 2 aromatic rings. The minimum atomic E-state index is -3.68. The maximum Gasteiger partial charge on any atom is 0.350 e. The fourth-order valence-corrected chi connectivity index (χ4v) is 3.45. The summed E-state index contributed by atoms with van der Waals surface area (Å²) in [4.78, 5) is 17.2. The molecule has 0 bridgehead atoms. The molecule has 0 aliphatic rings. The zero-order valence-corrected chi connectivity index (χ0v) is 15.6. The lowest BCUT2D eigenvalue weighted by Crippen LogP contribution is -2.32. The van der Waals surface area contributed by atoms with E-state index in [4.69, 9.17) is 11.6 Å². The van der Waals surface area contributed by atoms with Crippen molar-refractivity contribution in [2.45, 2.75) is 22.8 Å². The molecule has 0 aliphatic carbocycles. The summed E-state index contributed by atoms with van der Waals surface area (Å²) in [5, 5.41) is 3.16. The first-order chi connectivity index (χ1) is 11.3. The number of carbonyl (C=O) groups is 1. The average molecular weight is 389 g/mol. The molecule has 1 amide bonds. The van der Waals surface area contributed by atoms with E-state index < -0.39 is 17.4 Å². The summed E-state index contributed by atoms with van der Waals surface area (Å²) in [6, 6.07) is 6.68. The van der Waals surface area contributed by atoms with Crippen LogP contribution in [0.25, 0.3) is 0 Å². The van der Waals surface area contributed by atoms with Crippen molar-refractivity contribution in [1.29, 1.82) is 0 Å². The molecule has 1 aromatic carbocycles. The van der Waals surface area contributed by atoms with E-state index in [1.807, 2.05) is 13.2 Å². The molecule has 3 nitrogen and oxygen atoms in total. The summed E-state index contributed by atoms with van der Waals surface area (Å²) < 4.78 is 28.9. The second kappa shape index (κ2) is 7.72. The van der Waals surface area contributed by atoms with Crippen LogP contribution in [0, 0.1) is 6.92 Å². The molecule has 1 N–H and O–H groups in total. The zero-order valence-electron chi connectivity index (χ0n) is 13.2. The highest BCUT2D eigenvalue weighted by Gasteiger charge is 2.41. The van der Waals surface area contributed by atoms with E-state index in [-0.39, 0.29) is 0 Å². The second-order valence-corrected chi connectivity index (χ2v) is 6.97. The Morgan fingerprint density at radius 1 is 1.21 bits per heavy atom. The van der Waals surface area contributed by atoms with Gasteiger partial charge in [-0.2, -0.15) is 8.78 Å². The van der Waals surface area contributed by atoms with Crippen LogP contribution >= 0.6 is 35.1 Å². The maximum atomic E-state index is 14.4.